The summed E-state index contributed by atoms with van der Waals surface area (Å²) in [5.41, 5.74) is 0.227. The zero-order valence-corrected chi connectivity index (χ0v) is 12.5. The van der Waals surface area contributed by atoms with Crippen LogP contribution in [0.3, 0.4) is 0 Å². The molecular weight excluding hydrogens is 280 g/mol. The highest BCUT2D eigenvalue weighted by molar-refractivity contribution is 7.89. The van der Waals surface area contributed by atoms with E-state index in [1.54, 1.807) is 6.92 Å². The number of rotatable bonds is 6. The van der Waals surface area contributed by atoms with E-state index in [1.165, 1.54) is 0 Å². The largest absolute Gasteiger partial charge is 0.348 e. The number of hydrogen-bond donors (Lipinski definition) is 3. The van der Waals surface area contributed by atoms with Gasteiger partial charge in [0.2, 0.25) is 10.0 Å². The molecule has 1 heterocycles. The smallest absolute Gasteiger partial charge is 0.273 e. The van der Waals surface area contributed by atoms with Crippen LogP contribution < -0.4 is 10.5 Å². The molecule has 2 unspecified atom stereocenters. The molecule has 1 amide bonds. The first kappa shape index (κ1) is 15.0. The number of nitrogens with two attached hydrogens (primary N) is 1. The van der Waals surface area contributed by atoms with Crippen LogP contribution in [0.5, 0.6) is 0 Å². The average Bonchev–Trinajstić information content (AvgIpc) is 2.93. The summed E-state index contributed by atoms with van der Waals surface area (Å²) in [6.45, 7) is 3.86. The number of carbonyl (C=O) groups excluding carboxylic acids is 1. The number of amides is 1. The molecule has 1 aromatic rings. The lowest BCUT2D eigenvalue weighted by atomic mass is 10.2. The number of hydrogen-bond acceptors (Lipinski definition) is 4. The number of aromatic nitrogens is 2. The summed E-state index contributed by atoms with van der Waals surface area (Å²) in [4.78, 5) is 11.9. The molecule has 7 nitrogen and oxygen atoms in total. The summed E-state index contributed by atoms with van der Waals surface area (Å²) in [5, 5.41) is 14.4. The molecule has 1 aliphatic rings. The molecule has 2 rings (SSSR count). The molecule has 0 radical (unpaired) electrons. The predicted molar refractivity (Wildman–Crippen MR) is 73.6 cm³/mol. The van der Waals surface area contributed by atoms with Gasteiger partial charge in [0, 0.05) is 6.04 Å². The van der Waals surface area contributed by atoms with E-state index in [1.807, 2.05) is 0 Å². The van der Waals surface area contributed by atoms with Gasteiger partial charge in [-0.3, -0.25) is 9.89 Å². The molecule has 2 atom stereocenters. The first-order valence-electron chi connectivity index (χ1n) is 6.79. The molecule has 0 saturated heterocycles. The van der Waals surface area contributed by atoms with Gasteiger partial charge in [-0.2, -0.15) is 5.10 Å². The second kappa shape index (κ2) is 5.53. The van der Waals surface area contributed by atoms with Crippen molar-refractivity contribution in [3.05, 3.63) is 11.4 Å². The Balaban J connectivity index is 2.17. The molecular formula is C12H20N4O3S. The lowest BCUT2D eigenvalue weighted by Gasteiger charge is -2.04. The molecule has 8 heteroatoms. The Labute approximate surface area is 118 Å². The number of nitrogens with one attached hydrogen (secondary N) is 2. The molecule has 0 aliphatic heterocycles. The lowest BCUT2D eigenvalue weighted by Crippen LogP contribution is -2.29. The fraction of sp³-hybridized carbons (Fsp3) is 0.667. The van der Waals surface area contributed by atoms with E-state index in [4.69, 9.17) is 5.14 Å². The Morgan fingerprint density at radius 3 is 2.75 bits per heavy atom. The minimum absolute atomic E-state index is 0.123. The molecule has 1 saturated carbocycles. The van der Waals surface area contributed by atoms with Gasteiger partial charge in [0.15, 0.2) is 5.69 Å². The van der Waals surface area contributed by atoms with Crippen LogP contribution in [0.4, 0.5) is 0 Å². The predicted octanol–water partition coefficient (Wildman–Crippen LogP) is 0.538. The van der Waals surface area contributed by atoms with Crippen LogP contribution in [0.15, 0.2) is 4.90 Å². The van der Waals surface area contributed by atoms with Gasteiger partial charge in [-0.25, -0.2) is 13.6 Å². The summed E-state index contributed by atoms with van der Waals surface area (Å²) < 4.78 is 23.2. The van der Waals surface area contributed by atoms with E-state index in [-0.39, 0.29) is 16.6 Å². The molecule has 1 fully saturated rings. The standard InChI is InChI=1S/C12H20N4O3S/c1-3-5-7-6-9(7)14-12(17)10-11(20(13,18)19)8(4-2)15-16-10/h7,9H,3-6H2,1-2H3,(H,14,17)(H,15,16)(H2,13,18,19). The van der Waals surface area contributed by atoms with Crippen molar-refractivity contribution in [1.29, 1.82) is 0 Å². The van der Waals surface area contributed by atoms with Crippen LogP contribution in [-0.2, 0) is 16.4 Å². The lowest BCUT2D eigenvalue weighted by molar-refractivity contribution is 0.0940. The molecule has 1 aliphatic carbocycles. The molecule has 0 aromatic carbocycles. The van der Waals surface area contributed by atoms with Crippen LogP contribution in [0.1, 0.15) is 49.3 Å². The molecule has 20 heavy (non-hydrogen) atoms. The Morgan fingerprint density at radius 2 is 2.20 bits per heavy atom. The summed E-state index contributed by atoms with van der Waals surface area (Å²) in [5.74, 6) is 0.0139. The number of aromatic amines is 1. The third-order valence-corrected chi connectivity index (χ3v) is 4.55. The molecule has 1 aromatic heterocycles. The maximum atomic E-state index is 12.1. The SMILES string of the molecule is CCCC1CC1NC(=O)c1n[nH]c(CC)c1S(N)(=O)=O. The highest BCUT2D eigenvalue weighted by Crippen LogP contribution is 2.34. The van der Waals surface area contributed by atoms with Gasteiger partial charge in [0.05, 0.1) is 5.69 Å². The Bertz CT molecular complexity index is 608. The third kappa shape index (κ3) is 3.01. The Kier molecular flexibility index (Phi) is 4.14. The summed E-state index contributed by atoms with van der Waals surface area (Å²) in [6, 6.07) is 0.123. The van der Waals surface area contributed by atoms with E-state index in [9.17, 15) is 13.2 Å². The number of carbonyl (C=O) groups is 1. The van der Waals surface area contributed by atoms with Crippen LogP contribution >= 0.6 is 0 Å². The minimum Gasteiger partial charge on any atom is -0.348 e. The van der Waals surface area contributed by atoms with Crippen molar-refractivity contribution in [3.63, 3.8) is 0 Å². The number of primary sulfonamides is 1. The Morgan fingerprint density at radius 1 is 1.50 bits per heavy atom. The first-order valence-corrected chi connectivity index (χ1v) is 8.34. The number of sulfonamides is 1. The first-order chi connectivity index (χ1) is 9.38. The van der Waals surface area contributed by atoms with E-state index >= 15 is 0 Å². The zero-order valence-electron chi connectivity index (χ0n) is 11.6. The second-order valence-corrected chi connectivity index (χ2v) is 6.64. The van der Waals surface area contributed by atoms with Crippen molar-refractivity contribution in [2.45, 2.75) is 50.5 Å². The van der Waals surface area contributed by atoms with Crippen molar-refractivity contribution < 1.29 is 13.2 Å². The van der Waals surface area contributed by atoms with Crippen LogP contribution in [0.25, 0.3) is 0 Å². The van der Waals surface area contributed by atoms with Gasteiger partial charge in [0.25, 0.3) is 5.91 Å². The highest BCUT2D eigenvalue weighted by Gasteiger charge is 2.38. The van der Waals surface area contributed by atoms with Gasteiger partial charge in [-0.15, -0.1) is 0 Å². The normalized spacial score (nSPS) is 21.8. The second-order valence-electron chi connectivity index (χ2n) is 5.14. The van der Waals surface area contributed by atoms with Crippen molar-refractivity contribution in [2.75, 3.05) is 0 Å². The minimum atomic E-state index is -3.97. The molecule has 112 valence electrons. The molecule has 4 N–H and O–H groups in total. The van der Waals surface area contributed by atoms with E-state index in [0.717, 1.165) is 19.3 Å². The summed E-state index contributed by atoms with van der Waals surface area (Å²) in [7, 11) is -3.97. The average molecular weight is 300 g/mol. The van der Waals surface area contributed by atoms with Gasteiger partial charge in [-0.1, -0.05) is 20.3 Å². The van der Waals surface area contributed by atoms with E-state index in [0.29, 0.717) is 18.0 Å². The summed E-state index contributed by atoms with van der Waals surface area (Å²) in [6.07, 6.45) is 3.49. The van der Waals surface area contributed by atoms with Crippen molar-refractivity contribution >= 4 is 15.9 Å². The van der Waals surface area contributed by atoms with Crippen LogP contribution in [0, 0.1) is 5.92 Å². The van der Waals surface area contributed by atoms with Crippen LogP contribution in [-0.4, -0.2) is 30.6 Å². The highest BCUT2D eigenvalue weighted by atomic mass is 32.2. The molecule has 0 bridgehead atoms. The fourth-order valence-corrected chi connectivity index (χ4v) is 3.36. The number of H-pyrrole nitrogens is 1. The monoisotopic (exact) mass is 300 g/mol. The Hall–Kier alpha value is -1.41. The van der Waals surface area contributed by atoms with Gasteiger partial charge in [-0.05, 0) is 25.2 Å². The topological polar surface area (TPSA) is 118 Å². The van der Waals surface area contributed by atoms with Gasteiger partial charge < -0.3 is 5.32 Å². The third-order valence-electron chi connectivity index (χ3n) is 3.54. The quantitative estimate of drug-likeness (QED) is 0.710. The van der Waals surface area contributed by atoms with Crippen molar-refractivity contribution in [2.24, 2.45) is 11.1 Å². The van der Waals surface area contributed by atoms with E-state index < -0.39 is 15.9 Å². The van der Waals surface area contributed by atoms with Gasteiger partial charge >= 0.3 is 0 Å². The van der Waals surface area contributed by atoms with Gasteiger partial charge in [0.1, 0.15) is 4.90 Å². The maximum Gasteiger partial charge on any atom is 0.273 e. The number of aryl methyl sites for hydroxylation is 1. The van der Waals surface area contributed by atoms with Crippen molar-refractivity contribution in [1.82, 2.24) is 15.5 Å². The maximum absolute atomic E-state index is 12.1. The summed E-state index contributed by atoms with van der Waals surface area (Å²) >= 11 is 0. The molecule has 0 spiro atoms. The van der Waals surface area contributed by atoms with Crippen LogP contribution in [0.2, 0.25) is 0 Å². The van der Waals surface area contributed by atoms with Crippen molar-refractivity contribution in [3.8, 4) is 0 Å². The van der Waals surface area contributed by atoms with E-state index in [2.05, 4.69) is 22.4 Å². The fourth-order valence-electron chi connectivity index (χ4n) is 2.42. The number of nitrogens with zero attached hydrogens (tertiary/aromatic N) is 1. The zero-order chi connectivity index (χ0) is 14.9.